The molecule has 0 radical (unpaired) electrons. The highest BCUT2D eigenvalue weighted by atomic mass is 16.2. The lowest BCUT2D eigenvalue weighted by molar-refractivity contribution is -0.133. The number of likely N-dealkylation sites (N-methyl/N-ethyl adjacent to an activating group) is 1. The van der Waals surface area contributed by atoms with Gasteiger partial charge >= 0.3 is 0 Å². The van der Waals surface area contributed by atoms with E-state index in [9.17, 15) is 4.79 Å². The first kappa shape index (κ1) is 16.0. The molecule has 1 saturated heterocycles. The molecule has 2 unspecified atom stereocenters. The van der Waals surface area contributed by atoms with E-state index in [1.165, 1.54) is 0 Å². The third-order valence-corrected chi connectivity index (χ3v) is 4.58. The van der Waals surface area contributed by atoms with Gasteiger partial charge in [0.15, 0.2) is 0 Å². The van der Waals surface area contributed by atoms with Crippen molar-refractivity contribution in [1.82, 2.24) is 15.1 Å². The third-order valence-electron chi connectivity index (χ3n) is 4.58. The summed E-state index contributed by atoms with van der Waals surface area (Å²) in [5.41, 5.74) is 0.702. The molecular formula is C17H27N3O. The minimum absolute atomic E-state index is 0.0195. The summed E-state index contributed by atoms with van der Waals surface area (Å²) in [6.45, 7) is 8.85. The Morgan fingerprint density at radius 3 is 2.52 bits per heavy atom. The molecule has 2 atom stereocenters. The maximum absolute atomic E-state index is 12.8. The van der Waals surface area contributed by atoms with Crippen molar-refractivity contribution in [1.29, 1.82) is 0 Å². The fourth-order valence-corrected chi connectivity index (χ4v) is 2.69. The predicted molar refractivity (Wildman–Crippen MR) is 85.9 cm³/mol. The summed E-state index contributed by atoms with van der Waals surface area (Å²) >= 11 is 0. The maximum Gasteiger partial charge on any atom is 0.244 e. The normalized spacial score (nSPS) is 25.9. The summed E-state index contributed by atoms with van der Waals surface area (Å²) < 4.78 is 0. The molecule has 1 amide bonds. The van der Waals surface area contributed by atoms with Gasteiger partial charge in [-0.1, -0.05) is 44.2 Å². The third kappa shape index (κ3) is 3.27. The van der Waals surface area contributed by atoms with Crippen molar-refractivity contribution in [2.45, 2.75) is 38.9 Å². The molecule has 21 heavy (non-hydrogen) atoms. The van der Waals surface area contributed by atoms with E-state index in [-0.39, 0.29) is 12.1 Å². The van der Waals surface area contributed by atoms with Crippen LogP contribution in [0.25, 0.3) is 0 Å². The first-order chi connectivity index (χ1) is 10.0. The Balaban J connectivity index is 2.21. The van der Waals surface area contributed by atoms with Crippen molar-refractivity contribution in [2.75, 3.05) is 26.7 Å². The van der Waals surface area contributed by atoms with E-state index >= 15 is 0 Å². The molecule has 1 heterocycles. The Bertz CT molecular complexity index is 476. The first-order valence-electron chi connectivity index (χ1n) is 7.84. The smallest absolute Gasteiger partial charge is 0.244 e. The van der Waals surface area contributed by atoms with Crippen molar-refractivity contribution >= 4 is 5.91 Å². The van der Waals surface area contributed by atoms with E-state index in [0.29, 0.717) is 0 Å². The molecule has 1 fully saturated rings. The van der Waals surface area contributed by atoms with Gasteiger partial charge in [-0.3, -0.25) is 10.1 Å². The zero-order valence-corrected chi connectivity index (χ0v) is 13.6. The fraction of sp³-hybridized carbons (Fsp3) is 0.588. The van der Waals surface area contributed by atoms with Gasteiger partial charge in [0.2, 0.25) is 5.91 Å². The van der Waals surface area contributed by atoms with Gasteiger partial charge in [0.05, 0.1) is 5.54 Å². The van der Waals surface area contributed by atoms with E-state index < -0.39 is 5.54 Å². The summed E-state index contributed by atoms with van der Waals surface area (Å²) in [6, 6.07) is 10.2. The van der Waals surface area contributed by atoms with Crippen LogP contribution in [0.5, 0.6) is 0 Å². The molecule has 1 aliphatic heterocycles. The first-order valence-corrected chi connectivity index (χ1v) is 7.84. The molecule has 1 aromatic carbocycles. The van der Waals surface area contributed by atoms with Gasteiger partial charge in [-0.05, 0) is 32.5 Å². The number of benzene rings is 1. The average molecular weight is 289 g/mol. The zero-order chi connectivity index (χ0) is 15.5. The van der Waals surface area contributed by atoms with Gasteiger partial charge in [-0.25, -0.2) is 0 Å². The van der Waals surface area contributed by atoms with Crippen molar-refractivity contribution in [3.05, 3.63) is 35.9 Å². The highest BCUT2D eigenvalue weighted by molar-refractivity contribution is 5.88. The van der Waals surface area contributed by atoms with Crippen LogP contribution in [0.4, 0.5) is 0 Å². The molecule has 0 aliphatic carbocycles. The van der Waals surface area contributed by atoms with Crippen molar-refractivity contribution in [3.63, 3.8) is 0 Å². The molecule has 0 saturated carbocycles. The zero-order valence-electron chi connectivity index (χ0n) is 13.6. The molecule has 116 valence electrons. The van der Waals surface area contributed by atoms with Gasteiger partial charge in [0.1, 0.15) is 6.17 Å². The Morgan fingerprint density at radius 2 is 1.95 bits per heavy atom. The Hall–Kier alpha value is -1.39. The molecule has 0 aromatic heterocycles. The van der Waals surface area contributed by atoms with Crippen LogP contribution in [-0.4, -0.2) is 47.9 Å². The van der Waals surface area contributed by atoms with Gasteiger partial charge in [-0.15, -0.1) is 0 Å². The van der Waals surface area contributed by atoms with Crippen LogP contribution in [0.15, 0.2) is 30.3 Å². The van der Waals surface area contributed by atoms with Crippen LogP contribution < -0.4 is 5.32 Å². The van der Waals surface area contributed by atoms with E-state index in [2.05, 4.69) is 43.2 Å². The molecule has 4 nitrogen and oxygen atoms in total. The number of hydrogen-bond acceptors (Lipinski definition) is 3. The quantitative estimate of drug-likeness (QED) is 0.872. The Kier molecular flexibility index (Phi) is 5.01. The van der Waals surface area contributed by atoms with Gasteiger partial charge in [0.25, 0.3) is 0 Å². The molecule has 1 aromatic rings. The van der Waals surface area contributed by atoms with Gasteiger partial charge in [0, 0.05) is 13.1 Å². The molecule has 1 aliphatic rings. The molecule has 2 rings (SSSR count). The standard InChI is InChI=1S/C17H27N3O/c1-5-17(3)16(21)20(13-12-19(4)6-2)15(18-17)14-10-8-7-9-11-14/h7-11,15,18H,5-6,12-13H2,1-4H3. The molecule has 0 bridgehead atoms. The maximum atomic E-state index is 12.8. The number of rotatable bonds is 6. The number of carbonyl (C=O) groups excluding carboxylic acids is 1. The summed E-state index contributed by atoms with van der Waals surface area (Å²) in [6.07, 6.45) is 0.781. The predicted octanol–water partition coefficient (Wildman–Crippen LogP) is 2.24. The molecular weight excluding hydrogens is 262 g/mol. The van der Waals surface area contributed by atoms with E-state index in [0.717, 1.165) is 31.6 Å². The average Bonchev–Trinajstić information content (AvgIpc) is 2.78. The van der Waals surface area contributed by atoms with E-state index in [4.69, 9.17) is 0 Å². The van der Waals surface area contributed by atoms with Gasteiger partial charge in [-0.2, -0.15) is 0 Å². The summed E-state index contributed by atoms with van der Waals surface area (Å²) in [4.78, 5) is 17.0. The van der Waals surface area contributed by atoms with Crippen LogP contribution in [0.1, 0.15) is 38.9 Å². The highest BCUT2D eigenvalue weighted by Gasteiger charge is 2.46. The van der Waals surface area contributed by atoms with Crippen LogP contribution in [-0.2, 0) is 4.79 Å². The number of carbonyl (C=O) groups is 1. The minimum Gasteiger partial charge on any atom is -0.320 e. The second-order valence-electron chi connectivity index (χ2n) is 6.04. The molecule has 1 N–H and O–H groups in total. The van der Waals surface area contributed by atoms with Crippen molar-refractivity contribution in [3.8, 4) is 0 Å². The second-order valence-corrected chi connectivity index (χ2v) is 6.04. The molecule has 0 spiro atoms. The number of amides is 1. The summed E-state index contributed by atoms with van der Waals surface area (Å²) in [7, 11) is 2.09. The lowest BCUT2D eigenvalue weighted by atomic mass is 9.99. The number of hydrogen-bond donors (Lipinski definition) is 1. The van der Waals surface area contributed by atoms with Crippen LogP contribution in [0.2, 0.25) is 0 Å². The minimum atomic E-state index is -0.453. The van der Waals surface area contributed by atoms with Crippen LogP contribution in [0.3, 0.4) is 0 Å². The lowest BCUT2D eigenvalue weighted by Crippen LogP contribution is -2.43. The Labute approximate surface area is 128 Å². The van der Waals surface area contributed by atoms with Gasteiger partial charge < -0.3 is 9.80 Å². The van der Waals surface area contributed by atoms with Crippen LogP contribution >= 0.6 is 0 Å². The lowest BCUT2D eigenvalue weighted by Gasteiger charge is -2.26. The summed E-state index contributed by atoms with van der Waals surface area (Å²) in [5, 5.41) is 3.53. The SMILES string of the molecule is CCN(C)CCN1C(=O)C(C)(CC)NC1c1ccccc1. The number of nitrogens with one attached hydrogen (secondary N) is 1. The second kappa shape index (κ2) is 6.58. The summed E-state index contributed by atoms with van der Waals surface area (Å²) in [5.74, 6) is 0.211. The molecule has 4 heteroatoms. The van der Waals surface area contributed by atoms with Crippen molar-refractivity contribution in [2.24, 2.45) is 0 Å². The largest absolute Gasteiger partial charge is 0.320 e. The topological polar surface area (TPSA) is 35.6 Å². The Morgan fingerprint density at radius 1 is 1.29 bits per heavy atom. The van der Waals surface area contributed by atoms with E-state index in [1.807, 2.05) is 30.0 Å². The fourth-order valence-electron chi connectivity index (χ4n) is 2.69. The van der Waals surface area contributed by atoms with Crippen molar-refractivity contribution < 1.29 is 4.79 Å². The highest BCUT2D eigenvalue weighted by Crippen LogP contribution is 2.32. The monoisotopic (exact) mass is 289 g/mol. The van der Waals surface area contributed by atoms with E-state index in [1.54, 1.807) is 0 Å². The van der Waals surface area contributed by atoms with Crippen LogP contribution in [0, 0.1) is 0 Å². The number of nitrogens with zero attached hydrogens (tertiary/aromatic N) is 2.